The lowest BCUT2D eigenvalue weighted by molar-refractivity contribution is -0.127. The molecule has 2 atom stereocenters. The normalized spacial score (nSPS) is 20.4. The zero-order valence-electron chi connectivity index (χ0n) is 15.3. The number of amides is 1. The van der Waals surface area contributed by atoms with Crippen LogP contribution in [0.1, 0.15) is 26.7 Å². The molecule has 1 aliphatic heterocycles. The van der Waals surface area contributed by atoms with E-state index in [4.69, 9.17) is 4.74 Å². The topological polar surface area (TPSA) is 69.2 Å². The standard InChI is InChI=1S/C16H33N5O2/c1-6-21-9-7-8-14(21)10-17-16(19-13(2)12-23-5)18-11-15(22)20(3)4/h13-14H,6-12H2,1-5H3,(H2,17,18,19). The van der Waals surface area contributed by atoms with Crippen LogP contribution in [0.25, 0.3) is 0 Å². The van der Waals surface area contributed by atoms with E-state index in [0.29, 0.717) is 18.6 Å². The SMILES string of the molecule is CCN1CCCC1CNC(=NCC(=O)N(C)C)NC(C)COC. The van der Waals surface area contributed by atoms with Crippen LogP contribution in [0.3, 0.4) is 0 Å². The van der Waals surface area contributed by atoms with Gasteiger partial charge in [0, 0.05) is 39.8 Å². The van der Waals surface area contributed by atoms with E-state index in [1.54, 1.807) is 26.1 Å². The first-order valence-electron chi connectivity index (χ1n) is 8.45. The zero-order valence-corrected chi connectivity index (χ0v) is 15.3. The molecular weight excluding hydrogens is 294 g/mol. The van der Waals surface area contributed by atoms with Crippen molar-refractivity contribution in [1.29, 1.82) is 0 Å². The molecule has 0 aromatic heterocycles. The molecule has 23 heavy (non-hydrogen) atoms. The van der Waals surface area contributed by atoms with Crippen LogP contribution in [0, 0.1) is 0 Å². The van der Waals surface area contributed by atoms with Gasteiger partial charge in [0.05, 0.1) is 6.61 Å². The maximum absolute atomic E-state index is 11.7. The Balaban J connectivity index is 2.59. The predicted molar refractivity (Wildman–Crippen MR) is 93.7 cm³/mol. The quantitative estimate of drug-likeness (QED) is 0.490. The fraction of sp³-hybridized carbons (Fsp3) is 0.875. The van der Waals surface area contributed by atoms with Crippen molar-refractivity contribution >= 4 is 11.9 Å². The van der Waals surface area contributed by atoms with Crippen LogP contribution in [0.2, 0.25) is 0 Å². The molecule has 0 radical (unpaired) electrons. The third-order valence-electron chi connectivity index (χ3n) is 4.08. The zero-order chi connectivity index (χ0) is 17.2. The molecule has 7 nitrogen and oxygen atoms in total. The van der Waals surface area contributed by atoms with Gasteiger partial charge in [0.15, 0.2) is 5.96 Å². The first kappa shape index (κ1) is 19.7. The molecule has 7 heteroatoms. The highest BCUT2D eigenvalue weighted by Crippen LogP contribution is 2.15. The van der Waals surface area contributed by atoms with Crippen molar-refractivity contribution < 1.29 is 9.53 Å². The Morgan fingerprint density at radius 3 is 2.83 bits per heavy atom. The Kier molecular flexibility index (Phi) is 8.94. The van der Waals surface area contributed by atoms with E-state index in [9.17, 15) is 4.79 Å². The summed E-state index contributed by atoms with van der Waals surface area (Å²) in [4.78, 5) is 20.2. The molecule has 0 saturated carbocycles. The van der Waals surface area contributed by atoms with Crippen molar-refractivity contribution in [3.8, 4) is 0 Å². The summed E-state index contributed by atoms with van der Waals surface area (Å²) in [5.41, 5.74) is 0. The van der Waals surface area contributed by atoms with Crippen molar-refractivity contribution in [2.45, 2.75) is 38.8 Å². The number of hydrogen-bond acceptors (Lipinski definition) is 4. The number of rotatable bonds is 8. The van der Waals surface area contributed by atoms with Gasteiger partial charge >= 0.3 is 0 Å². The van der Waals surface area contributed by atoms with Gasteiger partial charge in [0.25, 0.3) is 0 Å². The minimum atomic E-state index is -0.0125. The molecule has 134 valence electrons. The minimum absolute atomic E-state index is 0.0125. The molecule has 2 unspecified atom stereocenters. The van der Waals surface area contributed by atoms with E-state index in [2.05, 4.69) is 27.4 Å². The Morgan fingerprint density at radius 1 is 1.48 bits per heavy atom. The summed E-state index contributed by atoms with van der Waals surface area (Å²) in [5.74, 6) is 0.661. The minimum Gasteiger partial charge on any atom is -0.383 e. The Bertz CT molecular complexity index is 387. The number of carbonyl (C=O) groups is 1. The second-order valence-corrected chi connectivity index (χ2v) is 6.26. The van der Waals surface area contributed by atoms with Gasteiger partial charge in [-0.05, 0) is 32.9 Å². The number of nitrogens with zero attached hydrogens (tertiary/aromatic N) is 3. The summed E-state index contributed by atoms with van der Waals surface area (Å²) in [7, 11) is 5.16. The van der Waals surface area contributed by atoms with Crippen molar-refractivity contribution in [3.05, 3.63) is 0 Å². The van der Waals surface area contributed by atoms with Crippen LogP contribution in [-0.4, -0.2) is 87.7 Å². The Hall–Kier alpha value is -1.34. The van der Waals surface area contributed by atoms with Crippen molar-refractivity contribution in [1.82, 2.24) is 20.4 Å². The van der Waals surface area contributed by atoms with E-state index in [1.165, 1.54) is 19.4 Å². The number of hydrogen-bond donors (Lipinski definition) is 2. The number of guanidine groups is 1. The van der Waals surface area contributed by atoms with Gasteiger partial charge in [-0.15, -0.1) is 0 Å². The van der Waals surface area contributed by atoms with Gasteiger partial charge in [0.2, 0.25) is 5.91 Å². The predicted octanol–water partition coefficient (Wildman–Crippen LogP) is 0.129. The van der Waals surface area contributed by atoms with Crippen LogP contribution >= 0.6 is 0 Å². The van der Waals surface area contributed by atoms with Crippen LogP contribution in [0.15, 0.2) is 4.99 Å². The molecule has 1 amide bonds. The number of ether oxygens (including phenoxy) is 1. The Labute approximate surface area is 140 Å². The van der Waals surface area contributed by atoms with Gasteiger partial charge < -0.3 is 20.3 Å². The average Bonchev–Trinajstić information content (AvgIpc) is 2.97. The van der Waals surface area contributed by atoms with Crippen molar-refractivity contribution in [2.24, 2.45) is 4.99 Å². The summed E-state index contributed by atoms with van der Waals surface area (Å²) in [6.07, 6.45) is 2.46. The van der Waals surface area contributed by atoms with E-state index < -0.39 is 0 Å². The molecule has 0 aromatic rings. The first-order valence-corrected chi connectivity index (χ1v) is 8.45. The lowest BCUT2D eigenvalue weighted by Gasteiger charge is -2.25. The molecule has 1 fully saturated rings. The number of likely N-dealkylation sites (N-methyl/N-ethyl adjacent to an activating group) is 2. The molecule has 1 aliphatic rings. The molecular formula is C16H33N5O2. The number of likely N-dealkylation sites (tertiary alicyclic amines) is 1. The van der Waals surface area contributed by atoms with Crippen LogP contribution in [0.5, 0.6) is 0 Å². The maximum atomic E-state index is 11.7. The summed E-state index contributed by atoms with van der Waals surface area (Å²) in [6.45, 7) is 8.05. The van der Waals surface area contributed by atoms with Gasteiger partial charge in [-0.2, -0.15) is 0 Å². The average molecular weight is 327 g/mol. The van der Waals surface area contributed by atoms with E-state index in [0.717, 1.165) is 13.1 Å². The number of methoxy groups -OCH3 is 1. The van der Waals surface area contributed by atoms with Gasteiger partial charge in [0.1, 0.15) is 6.54 Å². The van der Waals surface area contributed by atoms with Gasteiger partial charge in [-0.3, -0.25) is 9.69 Å². The van der Waals surface area contributed by atoms with Crippen molar-refractivity contribution in [3.63, 3.8) is 0 Å². The van der Waals surface area contributed by atoms with E-state index in [1.807, 2.05) is 6.92 Å². The van der Waals surface area contributed by atoms with E-state index in [-0.39, 0.29) is 18.5 Å². The van der Waals surface area contributed by atoms with Gasteiger partial charge in [-0.1, -0.05) is 6.92 Å². The highest BCUT2D eigenvalue weighted by molar-refractivity contribution is 5.84. The summed E-state index contributed by atoms with van der Waals surface area (Å²) in [5, 5.41) is 6.67. The highest BCUT2D eigenvalue weighted by Gasteiger charge is 2.23. The fourth-order valence-corrected chi connectivity index (χ4v) is 2.72. The molecule has 0 spiro atoms. The number of aliphatic imine (C=N–C) groups is 1. The lowest BCUT2D eigenvalue weighted by Crippen LogP contribution is -2.48. The fourth-order valence-electron chi connectivity index (χ4n) is 2.72. The second kappa shape index (κ2) is 10.4. The smallest absolute Gasteiger partial charge is 0.243 e. The first-order chi connectivity index (χ1) is 11.0. The molecule has 0 bridgehead atoms. The van der Waals surface area contributed by atoms with Crippen LogP contribution in [0.4, 0.5) is 0 Å². The second-order valence-electron chi connectivity index (χ2n) is 6.26. The largest absolute Gasteiger partial charge is 0.383 e. The lowest BCUT2D eigenvalue weighted by atomic mass is 10.2. The number of nitrogens with one attached hydrogen (secondary N) is 2. The van der Waals surface area contributed by atoms with Gasteiger partial charge in [-0.25, -0.2) is 4.99 Å². The van der Waals surface area contributed by atoms with Crippen molar-refractivity contribution in [2.75, 3.05) is 54.0 Å². The maximum Gasteiger partial charge on any atom is 0.243 e. The monoisotopic (exact) mass is 327 g/mol. The van der Waals surface area contributed by atoms with Crippen LogP contribution < -0.4 is 10.6 Å². The van der Waals surface area contributed by atoms with E-state index >= 15 is 0 Å². The summed E-state index contributed by atoms with van der Waals surface area (Å²) < 4.78 is 5.15. The Morgan fingerprint density at radius 2 is 2.22 bits per heavy atom. The molecule has 0 aromatic carbocycles. The van der Waals surface area contributed by atoms with Crippen LogP contribution in [-0.2, 0) is 9.53 Å². The number of carbonyl (C=O) groups excluding carboxylic acids is 1. The molecule has 1 rings (SSSR count). The molecule has 0 aliphatic carbocycles. The molecule has 1 saturated heterocycles. The third-order valence-corrected chi connectivity index (χ3v) is 4.08. The molecule has 2 N–H and O–H groups in total. The highest BCUT2D eigenvalue weighted by atomic mass is 16.5. The third kappa shape index (κ3) is 7.18. The molecule has 1 heterocycles. The summed E-state index contributed by atoms with van der Waals surface area (Å²) >= 11 is 0. The summed E-state index contributed by atoms with van der Waals surface area (Å²) in [6, 6.07) is 0.667.